The fourth-order valence-corrected chi connectivity index (χ4v) is 2.94. The van der Waals surface area contributed by atoms with E-state index in [2.05, 4.69) is 40.0 Å². The summed E-state index contributed by atoms with van der Waals surface area (Å²) in [6.07, 6.45) is 1.93. The average Bonchev–Trinajstić information content (AvgIpc) is 2.41. The van der Waals surface area contributed by atoms with E-state index in [1.54, 1.807) is 0 Å². The fourth-order valence-electron chi connectivity index (χ4n) is 2.67. The van der Waals surface area contributed by atoms with Gasteiger partial charge in [0, 0.05) is 22.6 Å². The summed E-state index contributed by atoms with van der Waals surface area (Å²) in [5, 5.41) is 3.02. The summed E-state index contributed by atoms with van der Waals surface area (Å²) in [5.41, 5.74) is 0.878. The third-order valence-corrected chi connectivity index (χ3v) is 4.22. The maximum Gasteiger partial charge on any atom is 0.227 e. The molecule has 1 aromatic carbocycles. The molecule has 1 N–H and O–H groups in total. The van der Waals surface area contributed by atoms with E-state index in [1.807, 2.05) is 24.3 Å². The van der Waals surface area contributed by atoms with Gasteiger partial charge in [-0.2, -0.15) is 0 Å². The van der Waals surface area contributed by atoms with E-state index in [0.29, 0.717) is 5.92 Å². The summed E-state index contributed by atoms with van der Waals surface area (Å²) in [4.78, 5) is 14.7. The Morgan fingerprint density at radius 2 is 1.90 bits per heavy atom. The van der Waals surface area contributed by atoms with E-state index in [1.165, 1.54) is 0 Å². The van der Waals surface area contributed by atoms with Crippen LogP contribution >= 0.6 is 15.9 Å². The van der Waals surface area contributed by atoms with Crippen molar-refractivity contribution in [2.75, 3.05) is 25.0 Å². The molecule has 0 saturated carbocycles. The van der Waals surface area contributed by atoms with E-state index in [4.69, 9.17) is 0 Å². The van der Waals surface area contributed by atoms with Crippen molar-refractivity contribution in [2.24, 2.45) is 11.8 Å². The molecule has 0 radical (unpaired) electrons. The van der Waals surface area contributed by atoms with Crippen molar-refractivity contribution in [3.8, 4) is 0 Å². The molecule has 1 amide bonds. The monoisotopic (exact) mass is 338 g/mol. The standard InChI is InChI=1S/C16H23BrN2O/c1-12(2)11-19-9-7-13(8-10-19)16(20)18-15-5-3-14(17)4-6-15/h3-6,12-13H,7-11H2,1-2H3,(H,18,20). The molecule has 1 fully saturated rings. The van der Waals surface area contributed by atoms with Gasteiger partial charge in [-0.1, -0.05) is 29.8 Å². The lowest BCUT2D eigenvalue weighted by Crippen LogP contribution is -2.39. The second kappa shape index (κ2) is 7.23. The second-order valence-electron chi connectivity index (χ2n) is 5.96. The molecule has 1 aliphatic heterocycles. The van der Waals surface area contributed by atoms with Crippen LogP contribution in [0.15, 0.2) is 28.7 Å². The highest BCUT2D eigenvalue weighted by Crippen LogP contribution is 2.21. The minimum atomic E-state index is 0.155. The van der Waals surface area contributed by atoms with Crippen LogP contribution in [0.3, 0.4) is 0 Å². The number of benzene rings is 1. The summed E-state index contributed by atoms with van der Waals surface area (Å²) < 4.78 is 1.03. The van der Waals surface area contributed by atoms with E-state index in [-0.39, 0.29) is 11.8 Å². The first-order valence-corrected chi connectivity index (χ1v) is 8.12. The molecule has 3 nitrogen and oxygen atoms in total. The van der Waals surface area contributed by atoms with Crippen LogP contribution in [0.4, 0.5) is 5.69 Å². The topological polar surface area (TPSA) is 32.3 Å². The highest BCUT2D eigenvalue weighted by Gasteiger charge is 2.25. The average molecular weight is 339 g/mol. The number of likely N-dealkylation sites (tertiary alicyclic amines) is 1. The van der Waals surface area contributed by atoms with Crippen LogP contribution in [0, 0.1) is 11.8 Å². The fraction of sp³-hybridized carbons (Fsp3) is 0.562. The highest BCUT2D eigenvalue weighted by atomic mass is 79.9. The predicted octanol–water partition coefficient (Wildman–Crippen LogP) is 3.76. The van der Waals surface area contributed by atoms with Crippen molar-refractivity contribution >= 4 is 27.5 Å². The van der Waals surface area contributed by atoms with E-state index in [9.17, 15) is 4.79 Å². The number of halogens is 1. The lowest BCUT2D eigenvalue weighted by atomic mass is 9.95. The summed E-state index contributed by atoms with van der Waals surface area (Å²) in [7, 11) is 0. The largest absolute Gasteiger partial charge is 0.326 e. The van der Waals surface area contributed by atoms with Gasteiger partial charge in [-0.05, 0) is 56.1 Å². The van der Waals surface area contributed by atoms with Crippen LogP contribution in [0.1, 0.15) is 26.7 Å². The number of hydrogen-bond acceptors (Lipinski definition) is 2. The predicted molar refractivity (Wildman–Crippen MR) is 86.8 cm³/mol. The molecule has 0 unspecified atom stereocenters. The van der Waals surface area contributed by atoms with Crippen molar-refractivity contribution in [3.63, 3.8) is 0 Å². The van der Waals surface area contributed by atoms with Gasteiger partial charge in [0.25, 0.3) is 0 Å². The zero-order chi connectivity index (χ0) is 14.5. The van der Waals surface area contributed by atoms with Gasteiger partial charge in [-0.3, -0.25) is 4.79 Å². The molecule has 20 heavy (non-hydrogen) atoms. The molecular formula is C16H23BrN2O. The van der Waals surface area contributed by atoms with Crippen LogP contribution in [0.25, 0.3) is 0 Å². The molecular weight excluding hydrogens is 316 g/mol. The van der Waals surface area contributed by atoms with Gasteiger partial charge in [-0.25, -0.2) is 0 Å². The number of amides is 1. The number of rotatable bonds is 4. The first kappa shape index (κ1) is 15.5. The summed E-state index contributed by atoms with van der Waals surface area (Å²) in [6, 6.07) is 7.74. The van der Waals surface area contributed by atoms with Crippen LogP contribution < -0.4 is 5.32 Å². The van der Waals surface area contributed by atoms with Crippen LogP contribution in [-0.2, 0) is 4.79 Å². The quantitative estimate of drug-likeness (QED) is 0.906. The number of anilines is 1. The first-order chi connectivity index (χ1) is 9.54. The van der Waals surface area contributed by atoms with Gasteiger partial charge in [0.2, 0.25) is 5.91 Å². The van der Waals surface area contributed by atoms with Gasteiger partial charge >= 0.3 is 0 Å². The number of nitrogens with one attached hydrogen (secondary N) is 1. The van der Waals surface area contributed by atoms with Crippen molar-refractivity contribution in [3.05, 3.63) is 28.7 Å². The molecule has 1 heterocycles. The third kappa shape index (κ3) is 4.60. The molecule has 0 aromatic heterocycles. The van der Waals surface area contributed by atoms with Gasteiger partial charge in [0.05, 0.1) is 0 Å². The van der Waals surface area contributed by atoms with E-state index in [0.717, 1.165) is 42.6 Å². The van der Waals surface area contributed by atoms with Crippen molar-refractivity contribution < 1.29 is 4.79 Å². The Morgan fingerprint density at radius 3 is 2.45 bits per heavy atom. The number of carbonyl (C=O) groups is 1. The molecule has 4 heteroatoms. The Kier molecular flexibility index (Phi) is 5.61. The van der Waals surface area contributed by atoms with Gasteiger partial charge < -0.3 is 10.2 Å². The molecule has 1 aromatic rings. The molecule has 0 aliphatic carbocycles. The minimum Gasteiger partial charge on any atom is -0.326 e. The maximum absolute atomic E-state index is 12.2. The minimum absolute atomic E-state index is 0.155. The lowest BCUT2D eigenvalue weighted by molar-refractivity contribution is -0.121. The molecule has 0 bridgehead atoms. The molecule has 2 rings (SSSR count). The van der Waals surface area contributed by atoms with Crippen LogP contribution in [0.2, 0.25) is 0 Å². The Balaban J connectivity index is 1.81. The Labute approximate surface area is 129 Å². The SMILES string of the molecule is CC(C)CN1CCC(C(=O)Nc2ccc(Br)cc2)CC1. The van der Waals surface area contributed by atoms with Crippen molar-refractivity contribution in [2.45, 2.75) is 26.7 Å². The number of piperidine rings is 1. The Bertz CT molecular complexity index is 436. The molecule has 0 spiro atoms. The highest BCUT2D eigenvalue weighted by molar-refractivity contribution is 9.10. The molecule has 1 saturated heterocycles. The van der Waals surface area contributed by atoms with E-state index < -0.39 is 0 Å². The zero-order valence-corrected chi connectivity index (χ0v) is 13.8. The van der Waals surface area contributed by atoms with Crippen LogP contribution in [-0.4, -0.2) is 30.4 Å². The summed E-state index contributed by atoms with van der Waals surface area (Å²) in [5.74, 6) is 1.02. The Hall–Kier alpha value is -0.870. The van der Waals surface area contributed by atoms with Crippen LogP contribution in [0.5, 0.6) is 0 Å². The summed E-state index contributed by atoms with van der Waals surface area (Å²) in [6.45, 7) is 7.70. The van der Waals surface area contributed by atoms with Gasteiger partial charge in [0.1, 0.15) is 0 Å². The van der Waals surface area contributed by atoms with Crippen molar-refractivity contribution in [1.82, 2.24) is 4.90 Å². The van der Waals surface area contributed by atoms with Crippen molar-refractivity contribution in [1.29, 1.82) is 0 Å². The number of hydrogen-bond donors (Lipinski definition) is 1. The molecule has 110 valence electrons. The smallest absolute Gasteiger partial charge is 0.227 e. The zero-order valence-electron chi connectivity index (χ0n) is 12.2. The summed E-state index contributed by atoms with van der Waals surface area (Å²) >= 11 is 3.40. The van der Waals surface area contributed by atoms with Gasteiger partial charge in [-0.15, -0.1) is 0 Å². The maximum atomic E-state index is 12.2. The molecule has 0 atom stereocenters. The third-order valence-electron chi connectivity index (χ3n) is 3.69. The Morgan fingerprint density at radius 1 is 1.30 bits per heavy atom. The second-order valence-corrected chi connectivity index (χ2v) is 6.88. The molecule has 1 aliphatic rings. The number of carbonyl (C=O) groups excluding carboxylic acids is 1. The number of nitrogens with zero attached hydrogens (tertiary/aromatic N) is 1. The van der Waals surface area contributed by atoms with E-state index >= 15 is 0 Å². The van der Waals surface area contributed by atoms with Gasteiger partial charge in [0.15, 0.2) is 0 Å². The lowest BCUT2D eigenvalue weighted by Gasteiger charge is -2.32. The first-order valence-electron chi connectivity index (χ1n) is 7.33. The normalized spacial score (nSPS) is 17.4.